The second-order valence-corrected chi connectivity index (χ2v) is 4.76. The number of benzene rings is 1. The molecule has 0 amide bonds. The van der Waals surface area contributed by atoms with E-state index in [1.54, 1.807) is 0 Å². The molecular formula is C11H7F6IO2. The van der Waals surface area contributed by atoms with E-state index in [9.17, 15) is 31.1 Å². The van der Waals surface area contributed by atoms with E-state index in [-0.39, 0.29) is 12.7 Å². The molecule has 0 saturated carbocycles. The van der Waals surface area contributed by atoms with Crippen molar-refractivity contribution in [2.75, 3.05) is 6.61 Å². The first kappa shape index (κ1) is 17.1. The molecule has 0 atom stereocenters. The van der Waals surface area contributed by atoms with Crippen molar-refractivity contribution in [3.8, 4) is 0 Å². The van der Waals surface area contributed by atoms with Crippen LogP contribution in [-0.2, 0) is 17.1 Å². The summed E-state index contributed by atoms with van der Waals surface area (Å²) in [6, 6.07) is 0.875. The largest absolute Gasteiger partial charge is 0.462 e. The summed E-state index contributed by atoms with van der Waals surface area (Å²) in [5, 5.41) is 0. The molecular weight excluding hydrogens is 405 g/mol. The van der Waals surface area contributed by atoms with Gasteiger partial charge in [0.1, 0.15) is 0 Å². The van der Waals surface area contributed by atoms with Crippen molar-refractivity contribution in [3.05, 3.63) is 32.4 Å². The maximum absolute atomic E-state index is 12.7. The summed E-state index contributed by atoms with van der Waals surface area (Å²) in [6.45, 7) is 1.33. The monoisotopic (exact) mass is 412 g/mol. The summed E-state index contributed by atoms with van der Waals surface area (Å²) in [5.41, 5.74) is -4.28. The SMILES string of the molecule is CCOC(=O)c1cc(I)c(C(F)(F)F)c(C(F)(F)F)c1. The number of hydrogen-bond donors (Lipinski definition) is 0. The van der Waals surface area contributed by atoms with Crippen molar-refractivity contribution in [2.45, 2.75) is 19.3 Å². The Morgan fingerprint density at radius 1 is 1.15 bits per heavy atom. The fourth-order valence-electron chi connectivity index (χ4n) is 1.45. The normalized spacial score (nSPS) is 12.4. The zero-order valence-electron chi connectivity index (χ0n) is 9.82. The molecule has 0 aliphatic rings. The first-order valence-corrected chi connectivity index (χ1v) is 6.21. The summed E-state index contributed by atoms with van der Waals surface area (Å²) in [4.78, 5) is 11.4. The number of rotatable bonds is 2. The van der Waals surface area contributed by atoms with Crippen molar-refractivity contribution < 1.29 is 35.9 Å². The van der Waals surface area contributed by atoms with Crippen molar-refractivity contribution >= 4 is 28.6 Å². The third kappa shape index (κ3) is 3.76. The van der Waals surface area contributed by atoms with E-state index < -0.39 is 38.6 Å². The van der Waals surface area contributed by atoms with E-state index in [4.69, 9.17) is 0 Å². The Morgan fingerprint density at radius 3 is 2.10 bits per heavy atom. The summed E-state index contributed by atoms with van der Waals surface area (Å²) in [6.07, 6.45) is -10.4. The van der Waals surface area contributed by atoms with Gasteiger partial charge in [-0.2, -0.15) is 26.3 Å². The van der Waals surface area contributed by atoms with Gasteiger partial charge in [-0.3, -0.25) is 0 Å². The highest BCUT2D eigenvalue weighted by molar-refractivity contribution is 14.1. The lowest BCUT2D eigenvalue weighted by Gasteiger charge is -2.18. The molecule has 9 heteroatoms. The highest BCUT2D eigenvalue weighted by atomic mass is 127. The Morgan fingerprint density at radius 2 is 1.70 bits per heavy atom. The summed E-state index contributed by atoms with van der Waals surface area (Å²) in [7, 11) is 0. The standard InChI is InChI=1S/C11H7F6IO2/c1-2-20-9(19)5-3-6(10(12,13)14)8(7(18)4-5)11(15,16)17/h3-4H,2H2,1H3. The Kier molecular flexibility index (Phi) is 4.93. The summed E-state index contributed by atoms with van der Waals surface area (Å²) >= 11 is 1.11. The molecule has 0 fully saturated rings. The van der Waals surface area contributed by atoms with Crippen LogP contribution >= 0.6 is 22.6 Å². The van der Waals surface area contributed by atoms with Crippen LogP contribution in [0.15, 0.2) is 12.1 Å². The molecule has 0 aliphatic carbocycles. The molecule has 20 heavy (non-hydrogen) atoms. The molecule has 0 unspecified atom stereocenters. The maximum atomic E-state index is 12.7. The lowest BCUT2D eigenvalue weighted by molar-refractivity contribution is -0.162. The number of hydrogen-bond acceptors (Lipinski definition) is 2. The number of carbonyl (C=O) groups is 1. The Balaban J connectivity index is 3.54. The quantitative estimate of drug-likeness (QED) is 0.406. The predicted molar refractivity (Wildman–Crippen MR) is 65.1 cm³/mol. The molecule has 0 N–H and O–H groups in total. The van der Waals surface area contributed by atoms with Crippen LogP contribution < -0.4 is 0 Å². The van der Waals surface area contributed by atoms with Crippen LogP contribution in [0.2, 0.25) is 0 Å². The average molecular weight is 412 g/mol. The van der Waals surface area contributed by atoms with Crippen molar-refractivity contribution in [2.24, 2.45) is 0 Å². The minimum Gasteiger partial charge on any atom is -0.462 e. The number of halogens is 7. The van der Waals surface area contributed by atoms with Gasteiger partial charge < -0.3 is 4.74 Å². The lowest BCUT2D eigenvalue weighted by atomic mass is 10.0. The van der Waals surface area contributed by atoms with E-state index >= 15 is 0 Å². The van der Waals surface area contributed by atoms with Crippen LogP contribution in [0, 0.1) is 3.57 Å². The number of alkyl halides is 6. The molecule has 1 rings (SSSR count). The minimum atomic E-state index is -5.23. The first-order valence-electron chi connectivity index (χ1n) is 5.13. The highest BCUT2D eigenvalue weighted by Crippen LogP contribution is 2.43. The average Bonchev–Trinajstić information content (AvgIpc) is 2.25. The number of carbonyl (C=O) groups excluding carboxylic acids is 1. The molecule has 0 aromatic heterocycles. The zero-order valence-corrected chi connectivity index (χ0v) is 12.0. The summed E-state index contributed by atoms with van der Waals surface area (Å²) in [5.74, 6) is -1.11. The first-order chi connectivity index (χ1) is 8.98. The van der Waals surface area contributed by atoms with E-state index in [0.29, 0.717) is 0 Å². The van der Waals surface area contributed by atoms with Gasteiger partial charge >= 0.3 is 18.3 Å². The van der Waals surface area contributed by atoms with Crippen molar-refractivity contribution in [3.63, 3.8) is 0 Å². The van der Waals surface area contributed by atoms with Gasteiger partial charge in [-0.15, -0.1) is 0 Å². The van der Waals surface area contributed by atoms with E-state index in [2.05, 4.69) is 4.74 Å². The van der Waals surface area contributed by atoms with Gasteiger partial charge in [-0.05, 0) is 41.6 Å². The molecule has 112 valence electrons. The van der Waals surface area contributed by atoms with Crippen LogP contribution in [0.25, 0.3) is 0 Å². The van der Waals surface area contributed by atoms with Gasteiger partial charge in [-0.25, -0.2) is 4.79 Å². The molecule has 0 heterocycles. The van der Waals surface area contributed by atoms with Crippen LogP contribution in [0.3, 0.4) is 0 Å². The van der Waals surface area contributed by atoms with Crippen molar-refractivity contribution in [1.82, 2.24) is 0 Å². The molecule has 0 spiro atoms. The fraction of sp³-hybridized carbons (Fsp3) is 0.364. The van der Waals surface area contributed by atoms with Gasteiger partial charge in [0.05, 0.1) is 23.3 Å². The molecule has 0 saturated heterocycles. The lowest BCUT2D eigenvalue weighted by Crippen LogP contribution is -2.20. The minimum absolute atomic E-state index is 0.0994. The fourth-order valence-corrected chi connectivity index (χ4v) is 2.38. The molecule has 0 aliphatic heterocycles. The van der Waals surface area contributed by atoms with Gasteiger partial charge in [0.15, 0.2) is 0 Å². The van der Waals surface area contributed by atoms with Gasteiger partial charge in [0.25, 0.3) is 0 Å². The topological polar surface area (TPSA) is 26.3 Å². The third-order valence-corrected chi connectivity index (χ3v) is 3.04. The molecule has 0 bridgehead atoms. The Labute approximate surface area is 123 Å². The Bertz CT molecular complexity index is 521. The summed E-state index contributed by atoms with van der Waals surface area (Å²) < 4.78 is 80.1. The van der Waals surface area contributed by atoms with Crippen LogP contribution in [0.1, 0.15) is 28.4 Å². The van der Waals surface area contributed by atoms with E-state index in [1.807, 2.05) is 0 Å². The molecule has 2 nitrogen and oxygen atoms in total. The van der Waals surface area contributed by atoms with Gasteiger partial charge in [-0.1, -0.05) is 0 Å². The van der Waals surface area contributed by atoms with Crippen LogP contribution in [0.4, 0.5) is 26.3 Å². The van der Waals surface area contributed by atoms with Crippen molar-refractivity contribution in [1.29, 1.82) is 0 Å². The van der Waals surface area contributed by atoms with Gasteiger partial charge in [0, 0.05) is 3.57 Å². The van der Waals surface area contributed by atoms with Crippen LogP contribution in [-0.4, -0.2) is 12.6 Å². The van der Waals surface area contributed by atoms with E-state index in [0.717, 1.165) is 28.7 Å². The smallest absolute Gasteiger partial charge is 0.418 e. The van der Waals surface area contributed by atoms with Gasteiger partial charge in [0.2, 0.25) is 0 Å². The number of ether oxygens (including phenoxy) is 1. The second kappa shape index (κ2) is 5.78. The molecule has 1 aromatic rings. The third-order valence-electron chi connectivity index (χ3n) is 2.19. The molecule has 0 radical (unpaired) electrons. The van der Waals surface area contributed by atoms with Crippen LogP contribution in [0.5, 0.6) is 0 Å². The molecule has 1 aromatic carbocycles. The second-order valence-electron chi connectivity index (χ2n) is 3.60. The predicted octanol–water partition coefficient (Wildman–Crippen LogP) is 4.51. The number of esters is 1. The highest BCUT2D eigenvalue weighted by Gasteiger charge is 2.45. The zero-order chi connectivity index (χ0) is 15.7. The maximum Gasteiger partial charge on any atom is 0.418 e. The van der Waals surface area contributed by atoms with E-state index in [1.165, 1.54) is 6.92 Å². The Hall–Kier alpha value is -1.00.